The fourth-order valence-electron chi connectivity index (χ4n) is 2.48. The highest BCUT2D eigenvalue weighted by Gasteiger charge is 2.26. The summed E-state index contributed by atoms with van der Waals surface area (Å²) in [5, 5.41) is 9.84. The Bertz CT molecular complexity index is 469. The summed E-state index contributed by atoms with van der Waals surface area (Å²) >= 11 is 3.27. The van der Waals surface area contributed by atoms with Crippen molar-refractivity contribution in [2.24, 2.45) is 11.7 Å². The molecule has 1 atom stereocenters. The fraction of sp³-hybridized carbons (Fsp3) is 0.500. The second-order valence-electron chi connectivity index (χ2n) is 5.15. The van der Waals surface area contributed by atoms with E-state index in [1.807, 2.05) is 6.92 Å². The van der Waals surface area contributed by atoms with Crippen LogP contribution in [0.3, 0.4) is 0 Å². The first-order valence-corrected chi connectivity index (χ1v) is 7.31. The summed E-state index contributed by atoms with van der Waals surface area (Å²) in [6.07, 6.45) is 1.86. The number of nitrogens with two attached hydrogens (primary N) is 1. The minimum Gasteiger partial charge on any atom is -0.507 e. The van der Waals surface area contributed by atoms with E-state index in [4.69, 9.17) is 5.73 Å². The Labute approximate surface area is 121 Å². The number of likely N-dealkylation sites (tertiary alicyclic amines) is 1. The first-order valence-electron chi connectivity index (χ1n) is 6.52. The van der Waals surface area contributed by atoms with E-state index < -0.39 is 0 Å². The van der Waals surface area contributed by atoms with Crippen LogP contribution in [0.4, 0.5) is 0 Å². The van der Waals surface area contributed by atoms with Gasteiger partial charge in [0, 0.05) is 23.6 Å². The van der Waals surface area contributed by atoms with Gasteiger partial charge in [-0.25, -0.2) is 0 Å². The monoisotopic (exact) mass is 326 g/mol. The van der Waals surface area contributed by atoms with Gasteiger partial charge in [0.15, 0.2) is 0 Å². The van der Waals surface area contributed by atoms with E-state index in [0.29, 0.717) is 24.6 Å². The van der Waals surface area contributed by atoms with Gasteiger partial charge in [-0.05, 0) is 43.9 Å². The van der Waals surface area contributed by atoms with Crippen LogP contribution in [0, 0.1) is 5.92 Å². The third-order valence-electron chi connectivity index (χ3n) is 3.76. The molecule has 2 rings (SSSR count). The standard InChI is InChI=1S/C14H19BrN2O2/c1-9(16)10-4-6-17(7-5-10)14(19)12-3-2-11(15)8-13(12)18/h2-3,8-10,18H,4-7,16H2,1H3. The molecule has 0 aromatic heterocycles. The van der Waals surface area contributed by atoms with E-state index >= 15 is 0 Å². The van der Waals surface area contributed by atoms with Crippen LogP contribution in [0.1, 0.15) is 30.1 Å². The molecule has 0 bridgehead atoms. The summed E-state index contributed by atoms with van der Waals surface area (Å²) in [6.45, 7) is 3.43. The van der Waals surface area contributed by atoms with Crippen molar-refractivity contribution < 1.29 is 9.90 Å². The van der Waals surface area contributed by atoms with Gasteiger partial charge in [-0.2, -0.15) is 0 Å². The molecule has 1 amide bonds. The van der Waals surface area contributed by atoms with Crippen LogP contribution in [-0.2, 0) is 0 Å². The lowest BCUT2D eigenvalue weighted by molar-refractivity contribution is 0.0678. The molecule has 104 valence electrons. The van der Waals surface area contributed by atoms with Crippen LogP contribution in [-0.4, -0.2) is 35.0 Å². The molecule has 3 N–H and O–H groups in total. The predicted octanol–water partition coefficient (Wildman–Crippen LogP) is 2.35. The number of aromatic hydroxyl groups is 1. The van der Waals surface area contributed by atoms with E-state index in [9.17, 15) is 9.90 Å². The number of carbonyl (C=O) groups is 1. The summed E-state index contributed by atoms with van der Waals surface area (Å²) in [6, 6.07) is 5.14. The molecular formula is C14H19BrN2O2. The lowest BCUT2D eigenvalue weighted by atomic mass is 9.90. The highest BCUT2D eigenvalue weighted by molar-refractivity contribution is 9.10. The van der Waals surface area contributed by atoms with Gasteiger partial charge in [0.05, 0.1) is 5.56 Å². The third-order valence-corrected chi connectivity index (χ3v) is 4.25. The largest absolute Gasteiger partial charge is 0.507 e. The van der Waals surface area contributed by atoms with E-state index in [1.165, 1.54) is 0 Å². The molecule has 0 radical (unpaired) electrons. The van der Waals surface area contributed by atoms with Crippen LogP contribution >= 0.6 is 15.9 Å². The lowest BCUT2D eigenvalue weighted by Gasteiger charge is -2.33. The van der Waals surface area contributed by atoms with Gasteiger partial charge in [-0.1, -0.05) is 15.9 Å². The van der Waals surface area contributed by atoms with E-state index in [1.54, 1.807) is 23.1 Å². The maximum atomic E-state index is 12.3. The summed E-state index contributed by atoms with van der Waals surface area (Å²) in [5.41, 5.74) is 6.26. The lowest BCUT2D eigenvalue weighted by Crippen LogP contribution is -2.42. The average Bonchev–Trinajstić information content (AvgIpc) is 2.38. The second-order valence-corrected chi connectivity index (χ2v) is 6.07. The van der Waals surface area contributed by atoms with Gasteiger partial charge < -0.3 is 15.7 Å². The van der Waals surface area contributed by atoms with Gasteiger partial charge in [-0.15, -0.1) is 0 Å². The zero-order chi connectivity index (χ0) is 14.0. The summed E-state index contributed by atoms with van der Waals surface area (Å²) in [4.78, 5) is 14.1. The zero-order valence-electron chi connectivity index (χ0n) is 11.0. The third kappa shape index (κ3) is 3.28. The van der Waals surface area contributed by atoms with E-state index in [0.717, 1.165) is 17.3 Å². The molecule has 1 fully saturated rings. The number of amides is 1. The maximum absolute atomic E-state index is 12.3. The molecule has 1 unspecified atom stereocenters. The first kappa shape index (κ1) is 14.3. The molecule has 19 heavy (non-hydrogen) atoms. The van der Waals surface area contributed by atoms with Crippen molar-refractivity contribution >= 4 is 21.8 Å². The molecule has 1 aliphatic rings. The average molecular weight is 327 g/mol. The van der Waals surface area contributed by atoms with Crippen molar-refractivity contribution in [3.8, 4) is 5.75 Å². The molecule has 0 spiro atoms. The topological polar surface area (TPSA) is 66.6 Å². The smallest absolute Gasteiger partial charge is 0.257 e. The van der Waals surface area contributed by atoms with Crippen molar-refractivity contribution in [1.82, 2.24) is 4.90 Å². The van der Waals surface area contributed by atoms with Gasteiger partial charge in [0.25, 0.3) is 5.91 Å². The van der Waals surface area contributed by atoms with Crippen molar-refractivity contribution in [1.29, 1.82) is 0 Å². The van der Waals surface area contributed by atoms with Crippen molar-refractivity contribution in [3.05, 3.63) is 28.2 Å². The van der Waals surface area contributed by atoms with Crippen LogP contribution in [0.15, 0.2) is 22.7 Å². The Balaban J connectivity index is 2.05. The Kier molecular flexibility index (Phi) is 4.47. The highest BCUT2D eigenvalue weighted by atomic mass is 79.9. The Morgan fingerprint density at radius 3 is 2.63 bits per heavy atom. The number of carbonyl (C=O) groups excluding carboxylic acids is 1. The number of nitrogens with zero attached hydrogens (tertiary/aromatic N) is 1. The first-order chi connectivity index (χ1) is 8.99. The van der Waals surface area contributed by atoms with Crippen LogP contribution < -0.4 is 5.73 Å². The molecule has 1 aromatic rings. The Morgan fingerprint density at radius 2 is 2.11 bits per heavy atom. The molecule has 1 heterocycles. The Hall–Kier alpha value is -1.07. The minimum absolute atomic E-state index is 0.0219. The number of halogens is 1. The van der Waals surface area contributed by atoms with Gasteiger partial charge in [0.2, 0.25) is 0 Å². The van der Waals surface area contributed by atoms with Gasteiger partial charge in [-0.3, -0.25) is 4.79 Å². The van der Waals surface area contributed by atoms with Crippen LogP contribution in [0.2, 0.25) is 0 Å². The molecule has 1 aromatic carbocycles. The molecule has 0 aliphatic carbocycles. The second kappa shape index (κ2) is 5.92. The Morgan fingerprint density at radius 1 is 1.47 bits per heavy atom. The maximum Gasteiger partial charge on any atom is 0.257 e. The molecular weight excluding hydrogens is 308 g/mol. The zero-order valence-corrected chi connectivity index (χ0v) is 12.6. The number of benzene rings is 1. The summed E-state index contributed by atoms with van der Waals surface area (Å²) in [7, 11) is 0. The van der Waals surface area contributed by atoms with Crippen molar-refractivity contribution in [2.45, 2.75) is 25.8 Å². The number of hydrogen-bond donors (Lipinski definition) is 2. The highest BCUT2D eigenvalue weighted by Crippen LogP contribution is 2.26. The predicted molar refractivity (Wildman–Crippen MR) is 78.1 cm³/mol. The van der Waals surface area contributed by atoms with Crippen LogP contribution in [0.25, 0.3) is 0 Å². The number of rotatable bonds is 2. The quantitative estimate of drug-likeness (QED) is 0.876. The molecule has 1 aliphatic heterocycles. The number of piperidine rings is 1. The van der Waals surface area contributed by atoms with Crippen LogP contribution in [0.5, 0.6) is 5.75 Å². The number of phenols is 1. The number of hydrogen-bond acceptors (Lipinski definition) is 3. The van der Waals surface area contributed by atoms with Crippen molar-refractivity contribution in [2.75, 3.05) is 13.1 Å². The van der Waals surface area contributed by atoms with Gasteiger partial charge >= 0.3 is 0 Å². The molecule has 1 saturated heterocycles. The molecule has 0 saturated carbocycles. The van der Waals surface area contributed by atoms with Gasteiger partial charge in [0.1, 0.15) is 5.75 Å². The SMILES string of the molecule is CC(N)C1CCN(C(=O)c2ccc(Br)cc2O)CC1. The normalized spacial score (nSPS) is 18.4. The van der Waals surface area contributed by atoms with E-state index in [-0.39, 0.29) is 17.7 Å². The summed E-state index contributed by atoms with van der Waals surface area (Å²) in [5.74, 6) is 0.407. The minimum atomic E-state index is -0.104. The summed E-state index contributed by atoms with van der Waals surface area (Å²) < 4.78 is 0.761. The molecule has 5 heteroatoms. The van der Waals surface area contributed by atoms with E-state index in [2.05, 4.69) is 15.9 Å². The number of phenolic OH excluding ortho intramolecular Hbond substituents is 1. The molecule has 4 nitrogen and oxygen atoms in total. The van der Waals surface area contributed by atoms with Crippen molar-refractivity contribution in [3.63, 3.8) is 0 Å². The fourth-order valence-corrected chi connectivity index (χ4v) is 2.83.